The molecule has 26 heavy (non-hydrogen) atoms. The Balaban J connectivity index is 1.44. The van der Waals surface area contributed by atoms with Crippen molar-refractivity contribution in [3.63, 3.8) is 0 Å². The molecular weight excluding hydrogens is 326 g/mol. The molecule has 3 heterocycles. The predicted octanol–water partition coefficient (Wildman–Crippen LogP) is 2.15. The van der Waals surface area contributed by atoms with Gasteiger partial charge in [0.2, 0.25) is 0 Å². The van der Waals surface area contributed by atoms with E-state index in [-0.39, 0.29) is 12.1 Å². The smallest absolute Gasteiger partial charge is 0.150 e. The van der Waals surface area contributed by atoms with Crippen LogP contribution < -0.4 is 0 Å². The van der Waals surface area contributed by atoms with E-state index in [0.29, 0.717) is 12.5 Å². The summed E-state index contributed by atoms with van der Waals surface area (Å²) >= 11 is 0. The SMILES string of the molecule is CC(C)c1ccc(CN2CCn3c(nnc3[C@@H]3C[C@@H](O)CN3C)C2)cc1. The number of aliphatic hydroxyl groups excluding tert-OH is 1. The zero-order valence-corrected chi connectivity index (χ0v) is 16.0. The van der Waals surface area contributed by atoms with Crippen molar-refractivity contribution in [2.75, 3.05) is 20.1 Å². The van der Waals surface area contributed by atoms with Crippen LogP contribution in [0.1, 0.15) is 55.0 Å². The van der Waals surface area contributed by atoms with E-state index in [0.717, 1.165) is 44.2 Å². The summed E-state index contributed by atoms with van der Waals surface area (Å²) in [4.78, 5) is 4.62. The molecule has 1 saturated heterocycles. The molecule has 2 aliphatic heterocycles. The Kier molecular flexibility index (Phi) is 4.82. The molecule has 4 rings (SSSR count). The van der Waals surface area contributed by atoms with Gasteiger partial charge in [0.25, 0.3) is 0 Å². The van der Waals surface area contributed by atoms with E-state index >= 15 is 0 Å². The average Bonchev–Trinajstić information content (AvgIpc) is 3.17. The molecule has 6 heteroatoms. The van der Waals surface area contributed by atoms with Crippen LogP contribution in [0.5, 0.6) is 0 Å². The lowest BCUT2D eigenvalue weighted by Crippen LogP contribution is -2.34. The van der Waals surface area contributed by atoms with Crippen LogP contribution in [0, 0.1) is 0 Å². The van der Waals surface area contributed by atoms with Crippen molar-refractivity contribution in [1.82, 2.24) is 24.6 Å². The average molecular weight is 355 g/mol. The van der Waals surface area contributed by atoms with Gasteiger partial charge in [-0.25, -0.2) is 0 Å². The second kappa shape index (κ2) is 7.10. The number of fused-ring (bicyclic) bond motifs is 1. The molecule has 1 aromatic heterocycles. The van der Waals surface area contributed by atoms with Crippen molar-refractivity contribution in [3.05, 3.63) is 47.0 Å². The van der Waals surface area contributed by atoms with Gasteiger partial charge in [-0.05, 0) is 30.5 Å². The van der Waals surface area contributed by atoms with Crippen LogP contribution in [-0.4, -0.2) is 55.9 Å². The molecule has 0 amide bonds. The third-order valence-electron chi connectivity index (χ3n) is 5.74. The summed E-state index contributed by atoms with van der Waals surface area (Å²) in [5.74, 6) is 2.63. The number of likely N-dealkylation sites (tertiary alicyclic amines) is 1. The first-order chi connectivity index (χ1) is 12.5. The normalized spacial score (nSPS) is 24.3. The minimum absolute atomic E-state index is 0.182. The Hall–Kier alpha value is -1.76. The molecule has 6 nitrogen and oxygen atoms in total. The number of nitrogens with zero attached hydrogens (tertiary/aromatic N) is 5. The Morgan fingerprint density at radius 1 is 1.15 bits per heavy atom. The molecule has 0 radical (unpaired) electrons. The fourth-order valence-corrected chi connectivity index (χ4v) is 4.15. The van der Waals surface area contributed by atoms with Crippen LogP contribution in [0.15, 0.2) is 24.3 Å². The zero-order valence-electron chi connectivity index (χ0n) is 16.0. The molecular formula is C20H29N5O. The topological polar surface area (TPSA) is 57.4 Å². The Morgan fingerprint density at radius 3 is 2.58 bits per heavy atom. The molecule has 0 bridgehead atoms. The van der Waals surface area contributed by atoms with Gasteiger partial charge < -0.3 is 9.67 Å². The third-order valence-corrected chi connectivity index (χ3v) is 5.74. The van der Waals surface area contributed by atoms with Crippen molar-refractivity contribution >= 4 is 0 Å². The maximum Gasteiger partial charge on any atom is 0.150 e. The van der Waals surface area contributed by atoms with Gasteiger partial charge in [-0.3, -0.25) is 9.80 Å². The number of benzene rings is 1. The quantitative estimate of drug-likeness (QED) is 0.911. The first kappa shape index (κ1) is 17.6. The minimum atomic E-state index is -0.258. The van der Waals surface area contributed by atoms with Gasteiger partial charge in [-0.15, -0.1) is 10.2 Å². The summed E-state index contributed by atoms with van der Waals surface area (Å²) in [6.07, 6.45) is 0.493. The van der Waals surface area contributed by atoms with Gasteiger partial charge in [-0.1, -0.05) is 38.1 Å². The van der Waals surface area contributed by atoms with Crippen LogP contribution >= 0.6 is 0 Å². The molecule has 1 N–H and O–H groups in total. The summed E-state index contributed by atoms with van der Waals surface area (Å²) in [6.45, 7) is 8.87. The third kappa shape index (κ3) is 3.41. The van der Waals surface area contributed by atoms with Crippen LogP contribution in [-0.2, 0) is 19.6 Å². The molecule has 0 aliphatic carbocycles. The van der Waals surface area contributed by atoms with Crippen molar-refractivity contribution in [2.24, 2.45) is 0 Å². The van der Waals surface area contributed by atoms with Crippen molar-refractivity contribution < 1.29 is 5.11 Å². The van der Waals surface area contributed by atoms with Crippen LogP contribution in [0.4, 0.5) is 0 Å². The number of likely N-dealkylation sites (N-methyl/N-ethyl adjacent to an activating group) is 1. The van der Waals surface area contributed by atoms with E-state index < -0.39 is 0 Å². The van der Waals surface area contributed by atoms with Crippen molar-refractivity contribution in [1.29, 1.82) is 0 Å². The highest BCUT2D eigenvalue weighted by Gasteiger charge is 2.34. The second-order valence-corrected chi connectivity index (χ2v) is 8.08. The zero-order chi connectivity index (χ0) is 18.3. The fraction of sp³-hybridized carbons (Fsp3) is 0.600. The number of hydrogen-bond donors (Lipinski definition) is 1. The monoisotopic (exact) mass is 355 g/mol. The van der Waals surface area contributed by atoms with Crippen molar-refractivity contribution in [2.45, 2.75) is 58.0 Å². The summed E-state index contributed by atoms with van der Waals surface area (Å²) in [5, 5.41) is 18.8. The van der Waals surface area contributed by atoms with Crippen molar-refractivity contribution in [3.8, 4) is 0 Å². The van der Waals surface area contributed by atoms with E-state index in [1.807, 2.05) is 0 Å². The lowest BCUT2D eigenvalue weighted by atomic mass is 10.0. The molecule has 2 aromatic rings. The van der Waals surface area contributed by atoms with Crippen LogP contribution in [0.2, 0.25) is 0 Å². The first-order valence-corrected chi connectivity index (χ1v) is 9.62. The number of aliphatic hydroxyl groups is 1. The lowest BCUT2D eigenvalue weighted by Gasteiger charge is -2.29. The highest BCUT2D eigenvalue weighted by molar-refractivity contribution is 5.24. The van der Waals surface area contributed by atoms with Gasteiger partial charge >= 0.3 is 0 Å². The number of rotatable bonds is 4. The highest BCUT2D eigenvalue weighted by Crippen LogP contribution is 2.31. The Bertz CT molecular complexity index is 754. The molecule has 0 spiro atoms. The molecule has 0 saturated carbocycles. The van der Waals surface area contributed by atoms with Gasteiger partial charge in [0.05, 0.1) is 18.7 Å². The summed E-state index contributed by atoms with van der Waals surface area (Å²) in [6, 6.07) is 9.16. The molecule has 2 atom stereocenters. The maximum atomic E-state index is 9.93. The minimum Gasteiger partial charge on any atom is -0.392 e. The number of aromatic nitrogens is 3. The van der Waals surface area contributed by atoms with E-state index in [4.69, 9.17) is 0 Å². The summed E-state index contributed by atoms with van der Waals surface area (Å²) in [7, 11) is 2.05. The maximum absolute atomic E-state index is 9.93. The first-order valence-electron chi connectivity index (χ1n) is 9.62. The summed E-state index contributed by atoms with van der Waals surface area (Å²) in [5.41, 5.74) is 2.74. The van der Waals surface area contributed by atoms with Gasteiger partial charge in [-0.2, -0.15) is 0 Å². The lowest BCUT2D eigenvalue weighted by molar-refractivity contribution is 0.182. The number of β-amino-alcohol motifs (C(OH)–C–C–N with tert-alkyl or cyclic N) is 1. The van der Waals surface area contributed by atoms with E-state index in [2.05, 4.69) is 69.7 Å². The molecule has 1 fully saturated rings. The van der Waals surface area contributed by atoms with E-state index in [1.54, 1.807) is 0 Å². The second-order valence-electron chi connectivity index (χ2n) is 8.08. The van der Waals surface area contributed by atoms with Gasteiger partial charge in [0.15, 0.2) is 5.82 Å². The largest absolute Gasteiger partial charge is 0.392 e. The molecule has 140 valence electrons. The van der Waals surface area contributed by atoms with Gasteiger partial charge in [0, 0.05) is 26.2 Å². The molecule has 1 aromatic carbocycles. The van der Waals surface area contributed by atoms with Crippen LogP contribution in [0.25, 0.3) is 0 Å². The van der Waals surface area contributed by atoms with E-state index in [1.165, 1.54) is 11.1 Å². The standard InChI is InChI=1S/C20H29N5O/c1-14(2)16-6-4-15(5-7-16)11-24-8-9-25-19(13-24)21-22-20(25)18-10-17(26)12-23(18)3/h4-7,14,17-18,26H,8-13H2,1-3H3/t17-,18+/m1/s1. The Labute approximate surface area is 155 Å². The van der Waals surface area contributed by atoms with E-state index in [9.17, 15) is 5.11 Å². The predicted molar refractivity (Wildman–Crippen MR) is 101 cm³/mol. The summed E-state index contributed by atoms with van der Waals surface area (Å²) < 4.78 is 2.26. The van der Waals surface area contributed by atoms with Gasteiger partial charge in [0.1, 0.15) is 5.82 Å². The number of hydrogen-bond acceptors (Lipinski definition) is 5. The fourth-order valence-electron chi connectivity index (χ4n) is 4.15. The highest BCUT2D eigenvalue weighted by atomic mass is 16.3. The Morgan fingerprint density at radius 2 is 1.92 bits per heavy atom. The molecule has 0 unspecified atom stereocenters. The molecule has 2 aliphatic rings. The van der Waals surface area contributed by atoms with Crippen LogP contribution in [0.3, 0.4) is 0 Å².